The summed E-state index contributed by atoms with van der Waals surface area (Å²) in [5.41, 5.74) is 6.08. The lowest BCUT2D eigenvalue weighted by Crippen LogP contribution is -2.12. The van der Waals surface area contributed by atoms with E-state index >= 15 is 0 Å². The Bertz CT molecular complexity index is 1180. The molecular formula is C24H20BrN3O. The van der Waals surface area contributed by atoms with Crippen molar-refractivity contribution in [2.45, 2.75) is 13.8 Å². The zero-order chi connectivity index (χ0) is 20.4. The van der Waals surface area contributed by atoms with Crippen LogP contribution in [0.15, 0.2) is 83.5 Å². The number of amides is 1. The maximum absolute atomic E-state index is 13.2. The summed E-state index contributed by atoms with van der Waals surface area (Å²) < 4.78 is 2.58. The van der Waals surface area contributed by atoms with Gasteiger partial charge in [-0.2, -0.15) is 5.10 Å². The molecule has 0 aliphatic rings. The molecule has 1 heterocycles. The van der Waals surface area contributed by atoms with Crippen molar-refractivity contribution >= 4 is 27.5 Å². The molecule has 0 saturated carbocycles. The Labute approximate surface area is 178 Å². The molecule has 1 N–H and O–H groups in total. The van der Waals surface area contributed by atoms with Gasteiger partial charge < -0.3 is 5.32 Å². The summed E-state index contributed by atoms with van der Waals surface area (Å²) in [6.45, 7) is 4.14. The molecule has 0 radical (unpaired) electrons. The Balaban J connectivity index is 1.80. The highest BCUT2D eigenvalue weighted by atomic mass is 79.9. The first-order chi connectivity index (χ1) is 14.0. The monoisotopic (exact) mass is 445 g/mol. The summed E-state index contributed by atoms with van der Waals surface area (Å²) in [6.07, 6.45) is 1.78. The number of hydrogen-bond donors (Lipinski definition) is 1. The lowest BCUT2D eigenvalue weighted by atomic mass is 10.0. The first-order valence-corrected chi connectivity index (χ1v) is 10.1. The van der Waals surface area contributed by atoms with Crippen LogP contribution in [0.3, 0.4) is 0 Å². The first-order valence-electron chi connectivity index (χ1n) is 9.31. The van der Waals surface area contributed by atoms with Gasteiger partial charge in [0.05, 0.1) is 16.9 Å². The van der Waals surface area contributed by atoms with Gasteiger partial charge in [-0.05, 0) is 71.2 Å². The number of aryl methyl sites for hydroxylation is 2. The van der Waals surface area contributed by atoms with E-state index in [9.17, 15) is 4.79 Å². The van der Waals surface area contributed by atoms with Gasteiger partial charge in [0.1, 0.15) is 5.69 Å². The highest BCUT2D eigenvalue weighted by Crippen LogP contribution is 2.28. The normalized spacial score (nSPS) is 10.7. The summed E-state index contributed by atoms with van der Waals surface area (Å²) in [7, 11) is 0. The Morgan fingerprint density at radius 3 is 2.38 bits per heavy atom. The van der Waals surface area contributed by atoms with Crippen molar-refractivity contribution in [1.82, 2.24) is 9.78 Å². The van der Waals surface area contributed by atoms with Crippen molar-refractivity contribution in [3.63, 3.8) is 0 Å². The molecule has 4 rings (SSSR count). The molecule has 0 aliphatic heterocycles. The molecule has 144 valence electrons. The molecule has 0 aliphatic carbocycles. The minimum atomic E-state index is -0.202. The zero-order valence-corrected chi connectivity index (χ0v) is 17.8. The van der Waals surface area contributed by atoms with E-state index in [1.165, 1.54) is 5.56 Å². The molecule has 1 aromatic heterocycles. The van der Waals surface area contributed by atoms with Gasteiger partial charge in [-0.25, -0.2) is 4.68 Å². The highest BCUT2D eigenvalue weighted by molar-refractivity contribution is 9.10. The molecule has 4 nitrogen and oxygen atoms in total. The summed E-state index contributed by atoms with van der Waals surface area (Å²) >= 11 is 3.48. The SMILES string of the molecule is Cc1ccc(-c2nn(-c3ccccc3)cc2C(=O)Nc2ccccc2Br)cc1C. The van der Waals surface area contributed by atoms with Gasteiger partial charge in [0.2, 0.25) is 0 Å². The van der Waals surface area contributed by atoms with Gasteiger partial charge >= 0.3 is 0 Å². The van der Waals surface area contributed by atoms with Crippen LogP contribution in [-0.2, 0) is 0 Å². The lowest BCUT2D eigenvalue weighted by molar-refractivity contribution is 0.102. The Kier molecular flexibility index (Phi) is 5.32. The van der Waals surface area contributed by atoms with E-state index in [1.54, 1.807) is 10.9 Å². The first kappa shape index (κ1) is 19.2. The van der Waals surface area contributed by atoms with Crippen LogP contribution < -0.4 is 5.32 Å². The third-order valence-corrected chi connectivity index (χ3v) is 5.57. The molecule has 1 amide bonds. The van der Waals surface area contributed by atoms with Crippen LogP contribution in [-0.4, -0.2) is 15.7 Å². The molecule has 0 fully saturated rings. The van der Waals surface area contributed by atoms with Crippen molar-refractivity contribution in [3.8, 4) is 16.9 Å². The molecule has 0 bridgehead atoms. The Hall–Kier alpha value is -3.18. The number of rotatable bonds is 4. The van der Waals surface area contributed by atoms with E-state index in [0.717, 1.165) is 27.0 Å². The number of aromatic nitrogens is 2. The lowest BCUT2D eigenvalue weighted by Gasteiger charge is -2.08. The number of benzene rings is 3. The molecule has 3 aromatic carbocycles. The van der Waals surface area contributed by atoms with E-state index in [2.05, 4.69) is 47.2 Å². The Morgan fingerprint density at radius 1 is 0.931 bits per heavy atom. The predicted octanol–water partition coefficient (Wildman–Crippen LogP) is 6.17. The minimum absolute atomic E-state index is 0.202. The Morgan fingerprint density at radius 2 is 1.66 bits per heavy atom. The highest BCUT2D eigenvalue weighted by Gasteiger charge is 2.20. The molecule has 0 spiro atoms. The van der Waals surface area contributed by atoms with E-state index in [-0.39, 0.29) is 5.91 Å². The number of carbonyl (C=O) groups is 1. The quantitative estimate of drug-likeness (QED) is 0.408. The van der Waals surface area contributed by atoms with Crippen molar-refractivity contribution in [2.24, 2.45) is 0 Å². The van der Waals surface area contributed by atoms with Crippen LogP contribution in [0.2, 0.25) is 0 Å². The average molecular weight is 446 g/mol. The molecule has 5 heteroatoms. The number of para-hydroxylation sites is 2. The number of nitrogens with one attached hydrogen (secondary N) is 1. The molecule has 0 saturated heterocycles. The van der Waals surface area contributed by atoms with E-state index in [4.69, 9.17) is 5.10 Å². The van der Waals surface area contributed by atoms with Crippen LogP contribution in [0.25, 0.3) is 16.9 Å². The number of anilines is 1. The van der Waals surface area contributed by atoms with E-state index in [1.807, 2.05) is 60.7 Å². The van der Waals surface area contributed by atoms with E-state index in [0.29, 0.717) is 11.3 Å². The maximum atomic E-state index is 13.2. The van der Waals surface area contributed by atoms with Crippen molar-refractivity contribution < 1.29 is 4.79 Å². The second-order valence-electron chi connectivity index (χ2n) is 6.90. The fourth-order valence-corrected chi connectivity index (χ4v) is 3.49. The number of hydrogen-bond acceptors (Lipinski definition) is 2. The van der Waals surface area contributed by atoms with Crippen LogP contribution in [0, 0.1) is 13.8 Å². The van der Waals surface area contributed by atoms with Crippen LogP contribution in [0.1, 0.15) is 21.5 Å². The second-order valence-corrected chi connectivity index (χ2v) is 7.76. The fourth-order valence-electron chi connectivity index (χ4n) is 3.11. The number of nitrogens with zero attached hydrogens (tertiary/aromatic N) is 2. The fraction of sp³-hybridized carbons (Fsp3) is 0.0833. The molecule has 0 unspecified atom stereocenters. The van der Waals surface area contributed by atoms with Gasteiger partial charge in [-0.1, -0.05) is 42.5 Å². The van der Waals surface area contributed by atoms with Gasteiger partial charge in [0.25, 0.3) is 5.91 Å². The molecule has 0 atom stereocenters. The predicted molar refractivity (Wildman–Crippen MR) is 121 cm³/mol. The summed E-state index contributed by atoms with van der Waals surface area (Å²) in [5, 5.41) is 7.74. The standard InChI is InChI=1S/C24H20BrN3O/c1-16-12-13-18(14-17(16)2)23-20(15-28(27-23)19-8-4-3-5-9-19)24(29)26-22-11-7-6-10-21(22)25/h3-15H,1-2H3,(H,26,29). The molecular weight excluding hydrogens is 426 g/mol. The van der Waals surface area contributed by atoms with Gasteiger partial charge in [0, 0.05) is 16.2 Å². The number of halogens is 1. The van der Waals surface area contributed by atoms with Crippen molar-refractivity contribution in [3.05, 3.63) is 100 Å². The van der Waals surface area contributed by atoms with Crippen LogP contribution >= 0.6 is 15.9 Å². The summed E-state index contributed by atoms with van der Waals surface area (Å²) in [6, 6.07) is 23.5. The maximum Gasteiger partial charge on any atom is 0.259 e. The van der Waals surface area contributed by atoms with Gasteiger partial charge in [0.15, 0.2) is 0 Å². The zero-order valence-electron chi connectivity index (χ0n) is 16.2. The van der Waals surface area contributed by atoms with E-state index < -0.39 is 0 Å². The smallest absolute Gasteiger partial charge is 0.259 e. The van der Waals surface area contributed by atoms with Crippen LogP contribution in [0.5, 0.6) is 0 Å². The summed E-state index contributed by atoms with van der Waals surface area (Å²) in [5.74, 6) is -0.202. The largest absolute Gasteiger partial charge is 0.321 e. The van der Waals surface area contributed by atoms with Crippen molar-refractivity contribution in [2.75, 3.05) is 5.32 Å². The molecule has 29 heavy (non-hydrogen) atoms. The number of carbonyl (C=O) groups excluding carboxylic acids is 1. The second kappa shape index (κ2) is 8.05. The van der Waals surface area contributed by atoms with Crippen LogP contribution in [0.4, 0.5) is 5.69 Å². The third kappa shape index (κ3) is 4.00. The molecule has 4 aromatic rings. The van der Waals surface area contributed by atoms with Crippen molar-refractivity contribution in [1.29, 1.82) is 0 Å². The summed E-state index contributed by atoms with van der Waals surface area (Å²) in [4.78, 5) is 13.2. The third-order valence-electron chi connectivity index (χ3n) is 4.88. The van der Waals surface area contributed by atoms with Gasteiger partial charge in [-0.15, -0.1) is 0 Å². The van der Waals surface area contributed by atoms with Gasteiger partial charge in [-0.3, -0.25) is 4.79 Å². The average Bonchev–Trinajstić information content (AvgIpc) is 3.18. The topological polar surface area (TPSA) is 46.9 Å². The minimum Gasteiger partial charge on any atom is -0.321 e.